The SMILES string of the molecule is Cc1ccc(Br)cc1C1(CC(=O)O)CCO1. The van der Waals surface area contributed by atoms with Gasteiger partial charge in [-0.25, -0.2) is 0 Å². The molecule has 0 amide bonds. The first-order chi connectivity index (χ1) is 7.53. The second-order valence-electron chi connectivity index (χ2n) is 4.12. The molecule has 1 heterocycles. The number of benzene rings is 1. The maximum absolute atomic E-state index is 10.9. The normalized spacial score (nSPS) is 23.9. The lowest BCUT2D eigenvalue weighted by Gasteiger charge is -2.42. The summed E-state index contributed by atoms with van der Waals surface area (Å²) in [6.07, 6.45) is 0.806. The van der Waals surface area contributed by atoms with Gasteiger partial charge in [-0.05, 0) is 30.2 Å². The molecule has 0 bridgehead atoms. The van der Waals surface area contributed by atoms with Gasteiger partial charge in [-0.3, -0.25) is 4.79 Å². The van der Waals surface area contributed by atoms with Crippen molar-refractivity contribution in [3.63, 3.8) is 0 Å². The Kier molecular flexibility index (Phi) is 3.04. The molecule has 1 aliphatic heterocycles. The highest BCUT2D eigenvalue weighted by atomic mass is 79.9. The Balaban J connectivity index is 2.39. The molecule has 0 aromatic heterocycles. The minimum Gasteiger partial charge on any atom is -0.481 e. The van der Waals surface area contributed by atoms with E-state index in [4.69, 9.17) is 9.84 Å². The van der Waals surface area contributed by atoms with E-state index in [1.165, 1.54) is 0 Å². The summed E-state index contributed by atoms with van der Waals surface area (Å²) in [5.74, 6) is -0.820. The third-order valence-corrected chi connectivity index (χ3v) is 3.50. The number of aryl methyl sites for hydroxylation is 1. The van der Waals surface area contributed by atoms with Crippen molar-refractivity contribution >= 4 is 21.9 Å². The molecule has 3 nitrogen and oxygen atoms in total. The summed E-state index contributed by atoms with van der Waals surface area (Å²) >= 11 is 3.41. The lowest BCUT2D eigenvalue weighted by molar-refractivity contribution is -0.176. The summed E-state index contributed by atoms with van der Waals surface area (Å²) in [7, 11) is 0. The van der Waals surface area contributed by atoms with Crippen LogP contribution in [0, 0.1) is 6.92 Å². The van der Waals surface area contributed by atoms with Crippen LogP contribution in [0.1, 0.15) is 24.0 Å². The minimum absolute atomic E-state index is 0.0320. The third-order valence-electron chi connectivity index (χ3n) is 3.01. The zero-order valence-corrected chi connectivity index (χ0v) is 10.6. The summed E-state index contributed by atoms with van der Waals surface area (Å²) < 4.78 is 6.50. The smallest absolute Gasteiger partial charge is 0.306 e. The summed E-state index contributed by atoms with van der Waals surface area (Å²) in [5, 5.41) is 8.94. The lowest BCUT2D eigenvalue weighted by atomic mass is 9.81. The lowest BCUT2D eigenvalue weighted by Crippen LogP contribution is -2.43. The summed E-state index contributed by atoms with van der Waals surface area (Å²) in [5.41, 5.74) is 1.44. The molecule has 1 saturated heterocycles. The molecule has 1 aromatic carbocycles. The van der Waals surface area contributed by atoms with E-state index in [2.05, 4.69) is 15.9 Å². The van der Waals surface area contributed by atoms with Crippen molar-refractivity contribution in [2.75, 3.05) is 6.61 Å². The van der Waals surface area contributed by atoms with Gasteiger partial charge in [-0.1, -0.05) is 22.0 Å². The van der Waals surface area contributed by atoms with Crippen molar-refractivity contribution in [1.29, 1.82) is 0 Å². The van der Waals surface area contributed by atoms with Gasteiger partial charge in [0.15, 0.2) is 0 Å². The first-order valence-electron chi connectivity index (χ1n) is 5.16. The van der Waals surface area contributed by atoms with Crippen molar-refractivity contribution < 1.29 is 14.6 Å². The first-order valence-corrected chi connectivity index (χ1v) is 5.95. The van der Waals surface area contributed by atoms with Crippen molar-refractivity contribution in [1.82, 2.24) is 0 Å². The Labute approximate surface area is 103 Å². The van der Waals surface area contributed by atoms with E-state index >= 15 is 0 Å². The molecule has 0 spiro atoms. The Morgan fingerprint density at radius 2 is 2.31 bits per heavy atom. The Morgan fingerprint density at radius 3 is 2.81 bits per heavy atom. The van der Waals surface area contributed by atoms with E-state index < -0.39 is 11.6 Å². The number of hydrogen-bond acceptors (Lipinski definition) is 2. The maximum Gasteiger partial charge on any atom is 0.306 e. The van der Waals surface area contributed by atoms with Crippen molar-refractivity contribution in [2.24, 2.45) is 0 Å². The van der Waals surface area contributed by atoms with Gasteiger partial charge < -0.3 is 9.84 Å². The standard InChI is InChI=1S/C12H13BrO3/c1-8-2-3-9(13)6-10(8)12(4-5-16-12)7-11(14)15/h2-3,6H,4-5,7H2,1H3,(H,14,15). The van der Waals surface area contributed by atoms with Gasteiger partial charge in [0, 0.05) is 10.9 Å². The summed E-state index contributed by atoms with van der Waals surface area (Å²) in [6, 6.07) is 5.88. The molecule has 16 heavy (non-hydrogen) atoms. The molecule has 1 aromatic rings. The van der Waals surface area contributed by atoms with E-state index in [0.29, 0.717) is 6.61 Å². The van der Waals surface area contributed by atoms with Gasteiger partial charge >= 0.3 is 5.97 Å². The molecule has 0 aliphatic carbocycles. The molecule has 0 saturated carbocycles. The topological polar surface area (TPSA) is 46.5 Å². The predicted octanol–water partition coefficient (Wildman–Crippen LogP) is 2.85. The van der Waals surface area contributed by atoms with Crippen molar-refractivity contribution in [2.45, 2.75) is 25.4 Å². The number of hydrogen-bond donors (Lipinski definition) is 1. The van der Waals surface area contributed by atoms with E-state index in [0.717, 1.165) is 22.0 Å². The van der Waals surface area contributed by atoms with Gasteiger partial charge in [0.05, 0.1) is 13.0 Å². The molecule has 1 aliphatic rings. The van der Waals surface area contributed by atoms with Crippen LogP contribution >= 0.6 is 15.9 Å². The van der Waals surface area contributed by atoms with Gasteiger partial charge in [0.1, 0.15) is 5.60 Å². The monoisotopic (exact) mass is 284 g/mol. The number of carboxylic acid groups (broad SMARTS) is 1. The van der Waals surface area contributed by atoms with Crippen LogP contribution in [-0.4, -0.2) is 17.7 Å². The first kappa shape index (κ1) is 11.6. The quantitative estimate of drug-likeness (QED) is 0.928. The predicted molar refractivity (Wildman–Crippen MR) is 63.4 cm³/mol. The number of carbonyl (C=O) groups is 1. The number of carboxylic acids is 1. The number of ether oxygens (including phenoxy) is 1. The molecule has 1 fully saturated rings. The molecule has 2 rings (SSSR count). The fraction of sp³-hybridized carbons (Fsp3) is 0.417. The highest BCUT2D eigenvalue weighted by Crippen LogP contribution is 2.42. The molecule has 1 atom stereocenters. The Bertz CT molecular complexity index is 424. The number of halogens is 1. The fourth-order valence-corrected chi connectivity index (χ4v) is 2.49. The van der Waals surface area contributed by atoms with Gasteiger partial charge in [-0.2, -0.15) is 0 Å². The zero-order chi connectivity index (χ0) is 11.8. The molecule has 1 N–H and O–H groups in total. The van der Waals surface area contributed by atoms with Crippen LogP contribution < -0.4 is 0 Å². The fourth-order valence-electron chi connectivity index (χ4n) is 2.12. The van der Waals surface area contributed by atoms with Crippen LogP contribution in [0.15, 0.2) is 22.7 Å². The Hall–Kier alpha value is -0.870. The van der Waals surface area contributed by atoms with Crippen LogP contribution in [0.4, 0.5) is 0 Å². The van der Waals surface area contributed by atoms with E-state index in [1.54, 1.807) is 0 Å². The third kappa shape index (κ3) is 1.99. The van der Waals surface area contributed by atoms with E-state index in [1.807, 2.05) is 25.1 Å². The maximum atomic E-state index is 10.9. The molecule has 4 heteroatoms. The van der Waals surface area contributed by atoms with Crippen LogP contribution in [0.2, 0.25) is 0 Å². The molecule has 86 valence electrons. The number of aliphatic carboxylic acids is 1. The molecular weight excluding hydrogens is 272 g/mol. The van der Waals surface area contributed by atoms with Crippen LogP contribution in [0.25, 0.3) is 0 Å². The van der Waals surface area contributed by atoms with Gasteiger partial charge in [0.2, 0.25) is 0 Å². The second kappa shape index (κ2) is 4.18. The molecular formula is C12H13BrO3. The summed E-state index contributed by atoms with van der Waals surface area (Å²) in [6.45, 7) is 2.62. The molecule has 0 radical (unpaired) electrons. The van der Waals surface area contributed by atoms with Gasteiger partial charge in [-0.15, -0.1) is 0 Å². The van der Waals surface area contributed by atoms with Crippen LogP contribution in [0.5, 0.6) is 0 Å². The average Bonchev–Trinajstić information content (AvgIpc) is 2.15. The highest BCUT2D eigenvalue weighted by molar-refractivity contribution is 9.10. The second-order valence-corrected chi connectivity index (χ2v) is 5.04. The summed E-state index contributed by atoms with van der Waals surface area (Å²) in [4.78, 5) is 10.9. The largest absolute Gasteiger partial charge is 0.481 e. The average molecular weight is 285 g/mol. The zero-order valence-electron chi connectivity index (χ0n) is 9.00. The van der Waals surface area contributed by atoms with Crippen molar-refractivity contribution in [3.05, 3.63) is 33.8 Å². The van der Waals surface area contributed by atoms with E-state index in [9.17, 15) is 4.79 Å². The van der Waals surface area contributed by atoms with Crippen LogP contribution in [0.3, 0.4) is 0 Å². The van der Waals surface area contributed by atoms with E-state index in [-0.39, 0.29) is 6.42 Å². The highest BCUT2D eigenvalue weighted by Gasteiger charge is 2.43. The van der Waals surface area contributed by atoms with Crippen LogP contribution in [-0.2, 0) is 15.1 Å². The van der Waals surface area contributed by atoms with Gasteiger partial charge in [0.25, 0.3) is 0 Å². The molecule has 1 unspecified atom stereocenters. The minimum atomic E-state index is -0.820. The number of rotatable bonds is 3. The Morgan fingerprint density at radius 1 is 1.62 bits per heavy atom. The van der Waals surface area contributed by atoms with Crippen molar-refractivity contribution in [3.8, 4) is 0 Å².